The molecule has 1 atom stereocenters. The van der Waals surface area contributed by atoms with Crippen molar-refractivity contribution in [1.82, 2.24) is 19.7 Å². The van der Waals surface area contributed by atoms with Gasteiger partial charge in [-0.1, -0.05) is 0 Å². The summed E-state index contributed by atoms with van der Waals surface area (Å²) < 4.78 is 1.67. The highest BCUT2D eigenvalue weighted by Crippen LogP contribution is 2.33. The lowest BCUT2D eigenvalue weighted by Crippen LogP contribution is -2.32. The van der Waals surface area contributed by atoms with E-state index < -0.39 is 0 Å². The molecular formula is C15H19N5O. The van der Waals surface area contributed by atoms with Crippen molar-refractivity contribution >= 4 is 11.6 Å². The summed E-state index contributed by atoms with van der Waals surface area (Å²) in [6.45, 7) is 3.33. The molecule has 1 saturated heterocycles. The van der Waals surface area contributed by atoms with Crippen LogP contribution in [0, 0.1) is 0 Å². The second-order valence-corrected chi connectivity index (χ2v) is 5.20. The fourth-order valence-corrected chi connectivity index (χ4v) is 2.95. The number of anilines is 1. The number of hydrogen-bond donors (Lipinski definition) is 1. The summed E-state index contributed by atoms with van der Waals surface area (Å²) in [6, 6.07) is 4.04. The van der Waals surface area contributed by atoms with E-state index in [4.69, 9.17) is 5.73 Å². The molecule has 2 aromatic rings. The van der Waals surface area contributed by atoms with E-state index in [0.717, 1.165) is 24.9 Å². The Morgan fingerprint density at radius 1 is 1.43 bits per heavy atom. The van der Waals surface area contributed by atoms with Gasteiger partial charge in [-0.3, -0.25) is 14.5 Å². The van der Waals surface area contributed by atoms with Gasteiger partial charge in [0.1, 0.15) is 5.69 Å². The second-order valence-electron chi connectivity index (χ2n) is 5.20. The number of nitrogens with two attached hydrogens (primary N) is 1. The van der Waals surface area contributed by atoms with E-state index in [9.17, 15) is 4.79 Å². The van der Waals surface area contributed by atoms with Crippen molar-refractivity contribution < 1.29 is 4.79 Å². The predicted molar refractivity (Wildman–Crippen MR) is 79.6 cm³/mol. The zero-order valence-corrected chi connectivity index (χ0v) is 12.1. The number of nitrogen functional groups attached to an aromatic ring is 1. The molecule has 0 spiro atoms. The van der Waals surface area contributed by atoms with Crippen molar-refractivity contribution in [2.45, 2.75) is 32.4 Å². The van der Waals surface area contributed by atoms with E-state index in [1.807, 2.05) is 24.0 Å². The van der Waals surface area contributed by atoms with Gasteiger partial charge in [0.25, 0.3) is 5.91 Å². The van der Waals surface area contributed by atoms with Gasteiger partial charge in [0.2, 0.25) is 0 Å². The summed E-state index contributed by atoms with van der Waals surface area (Å²) in [6.07, 6.45) is 7.05. The number of likely N-dealkylation sites (tertiary alicyclic amines) is 1. The topological polar surface area (TPSA) is 77.0 Å². The molecule has 0 radical (unpaired) electrons. The minimum atomic E-state index is -0.0360. The maximum atomic E-state index is 12.9. The molecule has 0 aromatic carbocycles. The van der Waals surface area contributed by atoms with Crippen LogP contribution in [-0.2, 0) is 6.54 Å². The Balaban J connectivity index is 1.92. The first-order valence-electron chi connectivity index (χ1n) is 7.24. The molecule has 1 amide bonds. The van der Waals surface area contributed by atoms with E-state index in [1.165, 1.54) is 0 Å². The molecular weight excluding hydrogens is 266 g/mol. The molecule has 2 N–H and O–H groups in total. The lowest BCUT2D eigenvalue weighted by atomic mass is 10.1. The number of pyridine rings is 1. The van der Waals surface area contributed by atoms with Crippen LogP contribution in [0.1, 0.15) is 41.9 Å². The first-order valence-corrected chi connectivity index (χ1v) is 7.24. The average Bonchev–Trinajstić information content (AvgIpc) is 3.14. The van der Waals surface area contributed by atoms with Gasteiger partial charge in [0.15, 0.2) is 0 Å². The van der Waals surface area contributed by atoms with Crippen LogP contribution in [0.3, 0.4) is 0 Å². The van der Waals surface area contributed by atoms with Crippen LogP contribution in [-0.4, -0.2) is 32.1 Å². The number of carbonyl (C=O) groups is 1. The van der Waals surface area contributed by atoms with Gasteiger partial charge < -0.3 is 10.6 Å². The molecule has 1 aliphatic rings. The van der Waals surface area contributed by atoms with Crippen LogP contribution >= 0.6 is 0 Å². The third-order valence-corrected chi connectivity index (χ3v) is 3.97. The van der Waals surface area contributed by atoms with E-state index in [0.29, 0.717) is 17.9 Å². The average molecular weight is 285 g/mol. The summed E-state index contributed by atoms with van der Waals surface area (Å²) in [4.78, 5) is 18.8. The molecule has 21 heavy (non-hydrogen) atoms. The monoisotopic (exact) mass is 285 g/mol. The van der Waals surface area contributed by atoms with Crippen molar-refractivity contribution in [2.24, 2.45) is 0 Å². The van der Waals surface area contributed by atoms with Crippen LogP contribution in [0.5, 0.6) is 0 Å². The zero-order chi connectivity index (χ0) is 14.8. The number of carbonyl (C=O) groups excluding carboxylic acids is 1. The Hall–Kier alpha value is -2.37. The van der Waals surface area contributed by atoms with Gasteiger partial charge >= 0.3 is 0 Å². The summed E-state index contributed by atoms with van der Waals surface area (Å²) >= 11 is 0. The molecule has 3 heterocycles. The normalized spacial score (nSPS) is 18.1. The first-order chi connectivity index (χ1) is 10.2. The molecule has 110 valence electrons. The standard InChI is InChI=1S/C15H19N5O/c1-2-20-14(12(16)10-18-20)15(21)19-9-3-4-13(19)11-5-7-17-8-6-11/h5-8,10,13H,2-4,9,16H2,1H3. The lowest BCUT2D eigenvalue weighted by molar-refractivity contribution is 0.0724. The quantitative estimate of drug-likeness (QED) is 0.933. The van der Waals surface area contributed by atoms with Crippen LogP contribution in [0.25, 0.3) is 0 Å². The van der Waals surface area contributed by atoms with Crippen LogP contribution in [0.4, 0.5) is 5.69 Å². The smallest absolute Gasteiger partial charge is 0.274 e. The molecule has 6 heteroatoms. The Morgan fingerprint density at radius 3 is 2.90 bits per heavy atom. The fourth-order valence-electron chi connectivity index (χ4n) is 2.95. The van der Waals surface area contributed by atoms with Gasteiger partial charge in [0, 0.05) is 25.5 Å². The third-order valence-electron chi connectivity index (χ3n) is 3.97. The fraction of sp³-hybridized carbons (Fsp3) is 0.400. The van der Waals surface area contributed by atoms with Gasteiger partial charge in [-0.05, 0) is 37.5 Å². The number of amides is 1. The SMILES string of the molecule is CCn1ncc(N)c1C(=O)N1CCCC1c1ccncc1. The van der Waals surface area contributed by atoms with E-state index in [-0.39, 0.29) is 11.9 Å². The van der Waals surface area contributed by atoms with Crippen molar-refractivity contribution in [3.63, 3.8) is 0 Å². The van der Waals surface area contributed by atoms with Gasteiger partial charge in [-0.25, -0.2) is 0 Å². The number of nitrogens with zero attached hydrogens (tertiary/aromatic N) is 4. The van der Waals surface area contributed by atoms with E-state index in [1.54, 1.807) is 23.3 Å². The molecule has 0 bridgehead atoms. The molecule has 2 aromatic heterocycles. The zero-order valence-electron chi connectivity index (χ0n) is 12.1. The number of aryl methyl sites for hydroxylation is 1. The lowest BCUT2D eigenvalue weighted by Gasteiger charge is -2.25. The van der Waals surface area contributed by atoms with Gasteiger partial charge in [-0.15, -0.1) is 0 Å². The Morgan fingerprint density at radius 2 is 2.19 bits per heavy atom. The number of aromatic nitrogens is 3. The van der Waals surface area contributed by atoms with Crippen molar-refractivity contribution in [2.75, 3.05) is 12.3 Å². The Bertz CT molecular complexity index is 637. The molecule has 1 aliphatic heterocycles. The van der Waals surface area contributed by atoms with Crippen LogP contribution in [0.2, 0.25) is 0 Å². The van der Waals surface area contributed by atoms with Crippen molar-refractivity contribution in [1.29, 1.82) is 0 Å². The third kappa shape index (κ3) is 2.37. The first kappa shape index (κ1) is 13.6. The number of rotatable bonds is 3. The molecule has 0 saturated carbocycles. The molecule has 6 nitrogen and oxygen atoms in total. The summed E-state index contributed by atoms with van der Waals surface area (Å²) in [5.74, 6) is -0.0360. The highest BCUT2D eigenvalue weighted by atomic mass is 16.2. The Labute approximate surface area is 123 Å². The maximum Gasteiger partial charge on any atom is 0.274 e. The van der Waals surface area contributed by atoms with Gasteiger partial charge in [-0.2, -0.15) is 5.10 Å². The highest BCUT2D eigenvalue weighted by Gasteiger charge is 2.33. The van der Waals surface area contributed by atoms with Crippen molar-refractivity contribution in [3.05, 3.63) is 42.0 Å². The van der Waals surface area contributed by atoms with Crippen LogP contribution < -0.4 is 5.73 Å². The summed E-state index contributed by atoms with van der Waals surface area (Å²) in [5, 5.41) is 4.16. The largest absolute Gasteiger partial charge is 0.396 e. The maximum absolute atomic E-state index is 12.9. The molecule has 1 unspecified atom stereocenters. The highest BCUT2D eigenvalue weighted by molar-refractivity contribution is 5.97. The summed E-state index contributed by atoms with van der Waals surface area (Å²) in [5.41, 5.74) is 8.00. The minimum absolute atomic E-state index is 0.0360. The minimum Gasteiger partial charge on any atom is -0.396 e. The summed E-state index contributed by atoms with van der Waals surface area (Å²) in [7, 11) is 0. The van der Waals surface area contributed by atoms with Gasteiger partial charge in [0.05, 0.1) is 17.9 Å². The van der Waals surface area contributed by atoms with E-state index >= 15 is 0 Å². The predicted octanol–water partition coefficient (Wildman–Crippen LogP) is 1.86. The molecule has 1 fully saturated rings. The van der Waals surface area contributed by atoms with E-state index in [2.05, 4.69) is 10.1 Å². The molecule has 3 rings (SSSR count). The molecule has 0 aliphatic carbocycles. The van der Waals surface area contributed by atoms with Crippen LogP contribution in [0.15, 0.2) is 30.7 Å². The second kappa shape index (κ2) is 5.55. The Kier molecular flexibility index (Phi) is 3.60. The number of hydrogen-bond acceptors (Lipinski definition) is 4. The van der Waals surface area contributed by atoms with Crippen molar-refractivity contribution in [3.8, 4) is 0 Å².